The summed E-state index contributed by atoms with van der Waals surface area (Å²) < 4.78 is 18.8. The molecule has 0 aromatic heterocycles. The maximum atomic E-state index is 13.0. The summed E-state index contributed by atoms with van der Waals surface area (Å²) in [5, 5.41) is 8.77. The van der Waals surface area contributed by atoms with Crippen LogP contribution in [0.5, 0.6) is 5.75 Å². The van der Waals surface area contributed by atoms with E-state index < -0.39 is 11.8 Å². The van der Waals surface area contributed by atoms with Gasteiger partial charge in [-0.3, -0.25) is 0 Å². The molecular weight excluding hydrogens is 291 g/mol. The van der Waals surface area contributed by atoms with Crippen LogP contribution in [0.1, 0.15) is 13.3 Å². The van der Waals surface area contributed by atoms with Gasteiger partial charge in [-0.15, -0.1) is 0 Å². The molecule has 0 bridgehead atoms. The van der Waals surface area contributed by atoms with E-state index in [9.17, 15) is 9.18 Å². The molecule has 5 heteroatoms. The van der Waals surface area contributed by atoms with Crippen molar-refractivity contribution in [3.63, 3.8) is 0 Å². The number of aliphatic carboxylic acids is 1. The van der Waals surface area contributed by atoms with Crippen LogP contribution in [0.15, 0.2) is 34.3 Å². The first-order chi connectivity index (χ1) is 8.02. The fraction of sp³-hybridized carbons (Fsp3) is 0.250. The van der Waals surface area contributed by atoms with Crippen LogP contribution >= 0.6 is 15.9 Å². The number of carboxylic acids is 1. The molecule has 0 saturated carbocycles. The lowest BCUT2D eigenvalue weighted by molar-refractivity contribution is -0.132. The molecule has 0 aliphatic rings. The van der Waals surface area contributed by atoms with Crippen molar-refractivity contribution >= 4 is 21.9 Å². The highest BCUT2D eigenvalue weighted by Crippen LogP contribution is 2.20. The summed E-state index contributed by atoms with van der Waals surface area (Å²) in [7, 11) is 0. The molecule has 1 rings (SSSR count). The average Bonchev–Trinajstić information content (AvgIpc) is 2.22. The summed E-state index contributed by atoms with van der Waals surface area (Å²) >= 11 is 3.14. The molecule has 0 aliphatic heterocycles. The van der Waals surface area contributed by atoms with E-state index in [0.29, 0.717) is 16.6 Å². The topological polar surface area (TPSA) is 46.5 Å². The monoisotopic (exact) mass is 302 g/mol. The predicted molar refractivity (Wildman–Crippen MR) is 65.6 cm³/mol. The highest BCUT2D eigenvalue weighted by molar-refractivity contribution is 9.10. The molecule has 1 aromatic carbocycles. The number of rotatable bonds is 5. The number of hydrogen-bond donors (Lipinski definition) is 1. The summed E-state index contributed by atoms with van der Waals surface area (Å²) in [4.78, 5) is 10.7. The standard InChI is InChI=1S/C12H12BrFO3/c1-2-8(12(15)16)3-4-17-11-6-9(13)5-10(14)7-11/h3,5-7H,2,4H2,1H3,(H,15,16)/b8-3-. The normalized spacial score (nSPS) is 11.4. The second-order valence-corrected chi connectivity index (χ2v) is 4.22. The van der Waals surface area contributed by atoms with Gasteiger partial charge in [0.05, 0.1) is 0 Å². The van der Waals surface area contributed by atoms with Crippen LogP contribution in [0.2, 0.25) is 0 Å². The van der Waals surface area contributed by atoms with Gasteiger partial charge in [-0.05, 0) is 24.6 Å². The van der Waals surface area contributed by atoms with Crippen molar-refractivity contribution in [2.24, 2.45) is 0 Å². The highest BCUT2D eigenvalue weighted by atomic mass is 79.9. The first-order valence-electron chi connectivity index (χ1n) is 5.04. The summed E-state index contributed by atoms with van der Waals surface area (Å²) in [6.07, 6.45) is 1.90. The molecule has 3 nitrogen and oxygen atoms in total. The number of carboxylic acid groups (broad SMARTS) is 1. The maximum absolute atomic E-state index is 13.0. The lowest BCUT2D eigenvalue weighted by atomic mass is 10.2. The van der Waals surface area contributed by atoms with Crippen molar-refractivity contribution in [3.05, 3.63) is 40.1 Å². The fourth-order valence-electron chi connectivity index (χ4n) is 1.23. The minimum atomic E-state index is -0.962. The largest absolute Gasteiger partial charge is 0.489 e. The number of carbonyl (C=O) groups is 1. The van der Waals surface area contributed by atoms with E-state index in [0.717, 1.165) is 0 Å². The Bertz CT molecular complexity index is 423. The minimum absolute atomic E-state index is 0.103. The average molecular weight is 303 g/mol. The molecule has 1 aromatic rings. The molecule has 0 saturated heterocycles. The number of benzene rings is 1. The maximum Gasteiger partial charge on any atom is 0.331 e. The third-order valence-corrected chi connectivity index (χ3v) is 2.53. The smallest absolute Gasteiger partial charge is 0.331 e. The third kappa shape index (κ3) is 4.56. The Balaban J connectivity index is 2.64. The molecule has 0 spiro atoms. The van der Waals surface area contributed by atoms with Gasteiger partial charge >= 0.3 is 5.97 Å². The van der Waals surface area contributed by atoms with Gasteiger partial charge in [0.2, 0.25) is 0 Å². The van der Waals surface area contributed by atoms with Gasteiger partial charge in [-0.1, -0.05) is 22.9 Å². The molecule has 1 N–H and O–H groups in total. The molecule has 0 heterocycles. The molecule has 0 unspecified atom stereocenters. The van der Waals surface area contributed by atoms with E-state index in [1.165, 1.54) is 18.2 Å². The zero-order chi connectivity index (χ0) is 12.8. The lowest BCUT2D eigenvalue weighted by Gasteiger charge is -2.05. The van der Waals surface area contributed by atoms with Gasteiger partial charge in [0.25, 0.3) is 0 Å². The van der Waals surface area contributed by atoms with Crippen LogP contribution in [0.4, 0.5) is 4.39 Å². The first-order valence-corrected chi connectivity index (χ1v) is 5.83. The van der Waals surface area contributed by atoms with Gasteiger partial charge in [-0.2, -0.15) is 0 Å². The van der Waals surface area contributed by atoms with Crippen LogP contribution in [0.25, 0.3) is 0 Å². The Morgan fingerprint density at radius 1 is 1.53 bits per heavy atom. The van der Waals surface area contributed by atoms with Crippen LogP contribution in [-0.4, -0.2) is 17.7 Å². The van der Waals surface area contributed by atoms with Crippen molar-refractivity contribution in [2.75, 3.05) is 6.61 Å². The fourth-order valence-corrected chi connectivity index (χ4v) is 1.68. The Morgan fingerprint density at radius 2 is 2.24 bits per heavy atom. The van der Waals surface area contributed by atoms with Crippen molar-refractivity contribution in [1.82, 2.24) is 0 Å². The van der Waals surface area contributed by atoms with E-state index in [4.69, 9.17) is 9.84 Å². The molecule has 0 fully saturated rings. The van der Waals surface area contributed by atoms with Crippen LogP contribution in [0.3, 0.4) is 0 Å². The first kappa shape index (κ1) is 13.7. The quantitative estimate of drug-likeness (QED) is 0.848. The Labute approximate surface area is 107 Å². The summed E-state index contributed by atoms with van der Waals surface area (Å²) in [6.45, 7) is 1.85. The van der Waals surface area contributed by atoms with Gasteiger partial charge in [0.1, 0.15) is 18.2 Å². The highest BCUT2D eigenvalue weighted by Gasteiger charge is 2.04. The van der Waals surface area contributed by atoms with E-state index in [1.54, 1.807) is 13.0 Å². The van der Waals surface area contributed by atoms with E-state index in [2.05, 4.69) is 15.9 Å². The second-order valence-electron chi connectivity index (χ2n) is 3.30. The van der Waals surface area contributed by atoms with Crippen molar-refractivity contribution in [2.45, 2.75) is 13.3 Å². The van der Waals surface area contributed by atoms with E-state index in [1.807, 2.05) is 0 Å². The Morgan fingerprint density at radius 3 is 2.76 bits per heavy atom. The number of ether oxygens (including phenoxy) is 1. The Hall–Kier alpha value is -1.36. The van der Waals surface area contributed by atoms with Gasteiger partial charge < -0.3 is 9.84 Å². The zero-order valence-corrected chi connectivity index (χ0v) is 10.8. The molecule has 0 aliphatic carbocycles. The minimum Gasteiger partial charge on any atom is -0.489 e. The molecule has 0 radical (unpaired) electrons. The van der Waals surface area contributed by atoms with Crippen molar-refractivity contribution < 1.29 is 19.0 Å². The second kappa shape index (κ2) is 6.39. The zero-order valence-electron chi connectivity index (χ0n) is 9.24. The van der Waals surface area contributed by atoms with Crippen LogP contribution < -0.4 is 4.74 Å². The van der Waals surface area contributed by atoms with Crippen molar-refractivity contribution in [3.8, 4) is 5.75 Å². The Kier molecular flexibility index (Phi) is 5.15. The SMILES string of the molecule is CC/C(=C/COc1cc(F)cc(Br)c1)C(=O)O. The molecule has 0 atom stereocenters. The van der Waals surface area contributed by atoms with Crippen molar-refractivity contribution in [1.29, 1.82) is 0 Å². The number of halogens is 2. The molecular formula is C12H12BrFO3. The molecule has 0 amide bonds. The van der Waals surface area contributed by atoms with Crippen LogP contribution in [-0.2, 0) is 4.79 Å². The van der Waals surface area contributed by atoms with Gasteiger partial charge in [0, 0.05) is 16.1 Å². The third-order valence-electron chi connectivity index (χ3n) is 2.07. The van der Waals surface area contributed by atoms with Gasteiger partial charge in [-0.25, -0.2) is 9.18 Å². The lowest BCUT2D eigenvalue weighted by Crippen LogP contribution is -2.03. The van der Waals surface area contributed by atoms with E-state index in [-0.39, 0.29) is 12.2 Å². The summed E-state index contributed by atoms with van der Waals surface area (Å²) in [5.74, 6) is -1.02. The van der Waals surface area contributed by atoms with Crippen LogP contribution in [0, 0.1) is 5.82 Å². The summed E-state index contributed by atoms with van der Waals surface area (Å²) in [5.41, 5.74) is 0.278. The van der Waals surface area contributed by atoms with Gasteiger partial charge in [0.15, 0.2) is 0 Å². The van der Waals surface area contributed by atoms with E-state index >= 15 is 0 Å². The predicted octanol–water partition coefficient (Wildman–Crippen LogP) is 3.39. The molecule has 17 heavy (non-hydrogen) atoms. The number of hydrogen-bond acceptors (Lipinski definition) is 2. The molecule has 92 valence electrons. The summed E-state index contributed by atoms with van der Waals surface area (Å²) in [6, 6.07) is 4.17.